The maximum atomic E-state index is 13.3. The van der Waals surface area contributed by atoms with Crippen LogP contribution in [0.4, 0.5) is 8.78 Å². The number of nitrogens with zero attached hydrogens (tertiary/aromatic N) is 2. The summed E-state index contributed by atoms with van der Waals surface area (Å²) in [4.78, 5) is -0.417. The molecule has 152 valence electrons. The Morgan fingerprint density at radius 1 is 0.926 bits per heavy atom. The third-order valence-corrected chi connectivity index (χ3v) is 10.9. The molecule has 0 bridgehead atoms. The van der Waals surface area contributed by atoms with E-state index in [9.17, 15) is 34.0 Å². The second-order valence-corrected chi connectivity index (χ2v) is 12.8. The van der Waals surface area contributed by atoms with Crippen molar-refractivity contribution in [2.75, 3.05) is 37.7 Å². The van der Waals surface area contributed by atoms with Gasteiger partial charge in [0.05, 0.1) is 21.7 Å². The molecule has 2 saturated heterocycles. The average Bonchev–Trinajstić information content (AvgIpc) is 2.98. The highest BCUT2D eigenvalue weighted by atomic mass is 32.2. The van der Waals surface area contributed by atoms with Crippen LogP contribution >= 0.6 is 0 Å². The topological polar surface area (TPSA) is 109 Å². The van der Waals surface area contributed by atoms with Gasteiger partial charge in [0.15, 0.2) is 21.5 Å². The minimum atomic E-state index is -4.10. The zero-order valence-electron chi connectivity index (χ0n) is 14.1. The Hall–Kier alpha value is -1.15. The van der Waals surface area contributed by atoms with Gasteiger partial charge in [-0.15, -0.1) is 0 Å². The van der Waals surface area contributed by atoms with Crippen molar-refractivity contribution in [2.24, 2.45) is 0 Å². The average molecular weight is 445 g/mol. The molecule has 1 aromatic rings. The van der Waals surface area contributed by atoms with E-state index in [1.807, 2.05) is 0 Å². The Labute approximate surface area is 156 Å². The van der Waals surface area contributed by atoms with E-state index >= 15 is 0 Å². The van der Waals surface area contributed by atoms with E-state index < -0.39 is 57.4 Å². The summed E-state index contributed by atoms with van der Waals surface area (Å²) in [5, 5.41) is -1.02. The van der Waals surface area contributed by atoms with Crippen molar-refractivity contribution in [2.45, 2.75) is 16.6 Å². The molecule has 0 N–H and O–H groups in total. The normalized spacial score (nSPS) is 24.9. The molecule has 2 aliphatic rings. The number of benzene rings is 1. The molecule has 0 radical (unpaired) electrons. The van der Waals surface area contributed by atoms with E-state index in [0.717, 1.165) is 14.7 Å². The van der Waals surface area contributed by atoms with E-state index in [4.69, 9.17) is 0 Å². The van der Waals surface area contributed by atoms with Crippen molar-refractivity contribution in [1.82, 2.24) is 8.61 Å². The highest BCUT2D eigenvalue weighted by Gasteiger charge is 2.42. The van der Waals surface area contributed by atoms with Crippen molar-refractivity contribution in [1.29, 1.82) is 0 Å². The van der Waals surface area contributed by atoms with Crippen molar-refractivity contribution in [3.8, 4) is 0 Å². The van der Waals surface area contributed by atoms with Gasteiger partial charge in [0.25, 0.3) is 0 Å². The lowest BCUT2D eigenvalue weighted by molar-refractivity contribution is 0.271. The highest BCUT2D eigenvalue weighted by Crippen LogP contribution is 2.25. The molecule has 2 fully saturated rings. The van der Waals surface area contributed by atoms with Gasteiger partial charge in [-0.3, -0.25) is 0 Å². The Morgan fingerprint density at radius 3 is 2.04 bits per heavy atom. The molecule has 3 rings (SSSR count). The monoisotopic (exact) mass is 444 g/mol. The molecule has 8 nitrogen and oxygen atoms in total. The summed E-state index contributed by atoms with van der Waals surface area (Å²) < 4.78 is 102. The van der Waals surface area contributed by atoms with Crippen LogP contribution in [0.5, 0.6) is 0 Å². The Kier molecular flexibility index (Phi) is 5.36. The molecule has 2 heterocycles. The maximum absolute atomic E-state index is 13.3. The van der Waals surface area contributed by atoms with E-state index in [1.165, 1.54) is 0 Å². The molecule has 27 heavy (non-hydrogen) atoms. The fourth-order valence-electron chi connectivity index (χ4n) is 3.16. The summed E-state index contributed by atoms with van der Waals surface area (Å²) in [5.74, 6) is -3.07. The summed E-state index contributed by atoms with van der Waals surface area (Å²) in [6.07, 6.45) is 0.0258. The summed E-state index contributed by atoms with van der Waals surface area (Å²) in [6, 6.07) is 2.24. The molecule has 0 aliphatic carbocycles. The standard InChI is InChI=1S/C14H18F2N2O6S3/c15-13-2-1-11(9-14(13)16)26(21,22)17-4-6-18(7-5-17)27(23,24)12-3-8-25(19,20)10-12/h1-2,9,12H,3-8,10H2. The van der Waals surface area contributed by atoms with E-state index in [-0.39, 0.29) is 38.4 Å². The van der Waals surface area contributed by atoms with E-state index in [1.54, 1.807) is 0 Å². The minimum Gasteiger partial charge on any atom is -0.229 e. The number of sulfonamides is 2. The molecule has 13 heteroatoms. The lowest BCUT2D eigenvalue weighted by atomic mass is 10.3. The van der Waals surface area contributed by atoms with Crippen molar-refractivity contribution in [3.63, 3.8) is 0 Å². The number of piperazine rings is 1. The zero-order valence-corrected chi connectivity index (χ0v) is 16.5. The van der Waals surface area contributed by atoms with Gasteiger partial charge in [0.1, 0.15) is 0 Å². The highest BCUT2D eigenvalue weighted by molar-refractivity contribution is 7.95. The first-order valence-corrected chi connectivity index (χ1v) is 12.8. The van der Waals surface area contributed by atoms with Gasteiger partial charge in [0.2, 0.25) is 20.0 Å². The lowest BCUT2D eigenvalue weighted by Crippen LogP contribution is -2.52. The first-order valence-electron chi connectivity index (χ1n) is 8.08. The van der Waals surface area contributed by atoms with Crippen LogP contribution in [0.3, 0.4) is 0 Å². The van der Waals surface area contributed by atoms with Crippen LogP contribution in [0.15, 0.2) is 23.1 Å². The summed E-state index contributed by atoms with van der Waals surface area (Å²) in [7, 11) is -11.3. The van der Waals surface area contributed by atoms with Crippen LogP contribution in [0.2, 0.25) is 0 Å². The zero-order chi connectivity index (χ0) is 20.0. The molecule has 0 spiro atoms. The van der Waals surface area contributed by atoms with Crippen LogP contribution in [-0.2, 0) is 29.9 Å². The summed E-state index contributed by atoms with van der Waals surface area (Å²) in [5.41, 5.74) is 0. The molecule has 1 atom stereocenters. The molecule has 0 amide bonds. The smallest absolute Gasteiger partial charge is 0.229 e. The first kappa shape index (κ1) is 20.6. The molecular weight excluding hydrogens is 426 g/mol. The predicted octanol–water partition coefficient (Wildman–Crippen LogP) is -0.212. The van der Waals surface area contributed by atoms with E-state index in [0.29, 0.717) is 12.1 Å². The molecule has 0 saturated carbocycles. The molecule has 0 aromatic heterocycles. The second-order valence-electron chi connectivity index (χ2n) is 6.45. The van der Waals surface area contributed by atoms with Crippen molar-refractivity contribution in [3.05, 3.63) is 29.8 Å². The number of hydrogen-bond acceptors (Lipinski definition) is 6. The lowest BCUT2D eigenvalue weighted by Gasteiger charge is -2.34. The fourth-order valence-corrected chi connectivity index (χ4v) is 9.10. The Balaban J connectivity index is 1.72. The maximum Gasteiger partial charge on any atom is 0.243 e. The van der Waals surface area contributed by atoms with Crippen LogP contribution in [0.25, 0.3) is 0 Å². The van der Waals surface area contributed by atoms with Crippen LogP contribution < -0.4 is 0 Å². The van der Waals surface area contributed by atoms with E-state index in [2.05, 4.69) is 0 Å². The van der Waals surface area contributed by atoms with Gasteiger partial charge in [-0.1, -0.05) is 0 Å². The summed E-state index contributed by atoms with van der Waals surface area (Å²) >= 11 is 0. The van der Waals surface area contributed by atoms with Gasteiger partial charge < -0.3 is 0 Å². The summed E-state index contributed by atoms with van der Waals surface area (Å²) in [6.45, 7) is -0.608. The molecule has 1 unspecified atom stereocenters. The minimum absolute atomic E-state index is 0.0258. The number of rotatable bonds is 4. The molecular formula is C14H18F2N2O6S3. The van der Waals surface area contributed by atoms with Gasteiger partial charge >= 0.3 is 0 Å². The van der Waals surface area contributed by atoms with Crippen LogP contribution in [-0.4, -0.2) is 76.8 Å². The van der Waals surface area contributed by atoms with Gasteiger partial charge in [-0.25, -0.2) is 34.0 Å². The fraction of sp³-hybridized carbons (Fsp3) is 0.571. The van der Waals surface area contributed by atoms with Gasteiger partial charge in [-0.05, 0) is 24.6 Å². The Morgan fingerprint density at radius 2 is 1.52 bits per heavy atom. The van der Waals surface area contributed by atoms with Crippen LogP contribution in [0, 0.1) is 11.6 Å². The quantitative estimate of drug-likeness (QED) is 0.636. The largest absolute Gasteiger partial charge is 0.243 e. The van der Waals surface area contributed by atoms with Crippen LogP contribution in [0.1, 0.15) is 6.42 Å². The molecule has 1 aromatic carbocycles. The predicted molar refractivity (Wildman–Crippen MR) is 92.7 cm³/mol. The second kappa shape index (κ2) is 7.03. The molecule has 2 aliphatic heterocycles. The van der Waals surface area contributed by atoms with Gasteiger partial charge in [0, 0.05) is 26.2 Å². The van der Waals surface area contributed by atoms with Gasteiger partial charge in [-0.2, -0.15) is 8.61 Å². The van der Waals surface area contributed by atoms with Crippen molar-refractivity contribution >= 4 is 29.9 Å². The first-order chi connectivity index (χ1) is 12.4. The number of sulfone groups is 1. The third-order valence-electron chi connectivity index (χ3n) is 4.70. The van der Waals surface area contributed by atoms with Crippen molar-refractivity contribution < 1.29 is 34.0 Å². The number of hydrogen-bond donors (Lipinski definition) is 0. The number of halogens is 2. The third kappa shape index (κ3) is 4.01. The SMILES string of the molecule is O=S1(=O)CCC(S(=O)(=O)N2CCN(S(=O)(=O)c3ccc(F)c(F)c3)CC2)C1. The Bertz CT molecular complexity index is 1050.